The highest BCUT2D eigenvalue weighted by molar-refractivity contribution is 5.97. The molecule has 0 aromatic carbocycles. The van der Waals surface area contributed by atoms with Gasteiger partial charge in [0.1, 0.15) is 12.3 Å². The zero-order valence-electron chi connectivity index (χ0n) is 21.3. The van der Waals surface area contributed by atoms with Crippen LogP contribution in [0, 0.1) is 5.92 Å². The third-order valence-electron chi connectivity index (χ3n) is 8.13. The molecule has 2 atom stereocenters. The quantitative estimate of drug-likeness (QED) is 0.296. The highest BCUT2D eigenvalue weighted by Crippen LogP contribution is 2.45. The summed E-state index contributed by atoms with van der Waals surface area (Å²) in [5, 5.41) is 10.2. The molecule has 0 unspecified atom stereocenters. The summed E-state index contributed by atoms with van der Waals surface area (Å²) in [5.41, 5.74) is 2.43. The smallest absolute Gasteiger partial charge is 0.364 e. The average Bonchev–Trinajstić information content (AvgIpc) is 3.28. The molecule has 2 amide bonds. The van der Waals surface area contributed by atoms with Crippen LogP contribution in [0.15, 0.2) is 29.2 Å². The van der Waals surface area contributed by atoms with Gasteiger partial charge in [-0.05, 0) is 43.2 Å². The molecule has 0 radical (unpaired) electrons. The molecule has 0 spiro atoms. The van der Waals surface area contributed by atoms with Gasteiger partial charge in [-0.1, -0.05) is 5.16 Å². The van der Waals surface area contributed by atoms with Gasteiger partial charge in [-0.3, -0.25) is 4.79 Å². The molecule has 14 heteroatoms. The molecular formula is C26H27F5N6O3. The molecule has 3 fully saturated rings. The first-order valence-corrected chi connectivity index (χ1v) is 13.3. The number of urea groups is 1. The summed E-state index contributed by atoms with van der Waals surface area (Å²) < 4.78 is 73.6. The van der Waals surface area contributed by atoms with Crippen LogP contribution >= 0.6 is 0 Å². The summed E-state index contributed by atoms with van der Waals surface area (Å²) >= 11 is 0. The molecule has 9 nitrogen and oxygen atoms in total. The second-order valence-electron chi connectivity index (χ2n) is 11.1. The van der Waals surface area contributed by atoms with E-state index in [-0.39, 0.29) is 56.3 Å². The molecule has 0 bridgehead atoms. The zero-order chi connectivity index (χ0) is 28.2. The lowest BCUT2D eigenvalue weighted by Gasteiger charge is -2.32. The highest BCUT2D eigenvalue weighted by atomic mass is 19.4. The van der Waals surface area contributed by atoms with Crippen molar-refractivity contribution in [3.63, 3.8) is 0 Å². The van der Waals surface area contributed by atoms with Crippen molar-refractivity contribution in [3.8, 4) is 0 Å². The Hall–Kier alpha value is -3.58. The first-order valence-electron chi connectivity index (χ1n) is 13.3. The van der Waals surface area contributed by atoms with Gasteiger partial charge in [-0.2, -0.15) is 18.3 Å². The topological polar surface area (TPSA) is 106 Å². The Labute approximate surface area is 225 Å². The van der Waals surface area contributed by atoms with Crippen molar-refractivity contribution >= 4 is 17.5 Å². The number of carbonyl (C=O) groups is 2. The summed E-state index contributed by atoms with van der Waals surface area (Å²) in [5.74, 6) is -3.37. The van der Waals surface area contributed by atoms with E-state index in [1.54, 1.807) is 12.3 Å². The Morgan fingerprint density at radius 3 is 2.62 bits per heavy atom. The minimum Gasteiger partial charge on any atom is -0.364 e. The standard InChI is InChI=1S/C26H27F5N6O3/c27-25(28)5-3-15(4-6-25)17(8-20(38)18-13-40-35-23(18)16-1-2-16)19-11-37-22(33-19)7-14(9-32-37)10-36-12-21(26(29,30)31)34-24(36)39/h7,9,11,13,15-17,21H,1-6,8,10,12H2,(H,34,39)/t17-,21-/m0/s1. The molecule has 2 saturated carbocycles. The zero-order valence-corrected chi connectivity index (χ0v) is 21.3. The van der Waals surface area contributed by atoms with Gasteiger partial charge in [0, 0.05) is 37.6 Å². The van der Waals surface area contributed by atoms with Crippen LogP contribution in [-0.2, 0) is 6.54 Å². The fourth-order valence-electron chi connectivity index (χ4n) is 5.72. The van der Waals surface area contributed by atoms with E-state index in [0.29, 0.717) is 28.2 Å². The number of amides is 2. The SMILES string of the molecule is O=C(C[C@H](c1cn2ncc(CN3C[C@@H](C(F)(F)F)NC3=O)cc2n1)C1CCC(F)(F)CC1)c1conc1C1CC1. The van der Waals surface area contributed by atoms with Crippen LogP contribution in [0.2, 0.25) is 0 Å². The maximum atomic E-state index is 14.0. The summed E-state index contributed by atoms with van der Waals surface area (Å²) in [7, 11) is 0. The Bertz CT molecular complexity index is 1420. The van der Waals surface area contributed by atoms with E-state index in [9.17, 15) is 31.5 Å². The predicted molar refractivity (Wildman–Crippen MR) is 129 cm³/mol. The van der Waals surface area contributed by atoms with Gasteiger partial charge in [0.2, 0.25) is 5.92 Å². The molecule has 4 heterocycles. The number of imidazole rings is 1. The normalized spacial score (nSPS) is 22.6. The summed E-state index contributed by atoms with van der Waals surface area (Å²) in [6.07, 6.45) is 1.74. The Balaban J connectivity index is 1.24. The molecule has 3 aromatic rings. The maximum Gasteiger partial charge on any atom is 0.410 e. The van der Waals surface area contributed by atoms with Gasteiger partial charge < -0.3 is 14.7 Å². The predicted octanol–water partition coefficient (Wildman–Crippen LogP) is 5.23. The van der Waals surface area contributed by atoms with E-state index >= 15 is 0 Å². The third kappa shape index (κ3) is 5.39. The maximum absolute atomic E-state index is 14.0. The van der Waals surface area contributed by atoms with Crippen LogP contribution in [0.5, 0.6) is 0 Å². The number of nitrogens with zero attached hydrogens (tertiary/aromatic N) is 5. The van der Waals surface area contributed by atoms with Crippen molar-refractivity contribution < 1.29 is 36.1 Å². The van der Waals surface area contributed by atoms with Crippen molar-refractivity contribution in [3.05, 3.63) is 47.2 Å². The van der Waals surface area contributed by atoms with Crippen LogP contribution in [0.4, 0.5) is 26.7 Å². The van der Waals surface area contributed by atoms with Gasteiger partial charge in [-0.25, -0.2) is 23.1 Å². The average molecular weight is 567 g/mol. The second-order valence-corrected chi connectivity index (χ2v) is 11.1. The Morgan fingerprint density at radius 2 is 1.95 bits per heavy atom. The molecule has 1 saturated heterocycles. The van der Waals surface area contributed by atoms with E-state index < -0.39 is 36.6 Å². The lowest BCUT2D eigenvalue weighted by molar-refractivity contribution is -0.149. The molecule has 3 aliphatic rings. The van der Waals surface area contributed by atoms with Crippen molar-refractivity contribution in [1.82, 2.24) is 30.0 Å². The number of rotatable bonds is 8. The third-order valence-corrected chi connectivity index (χ3v) is 8.13. The van der Waals surface area contributed by atoms with E-state index in [1.807, 2.05) is 5.32 Å². The minimum atomic E-state index is -4.55. The number of nitrogens with one attached hydrogen (secondary N) is 1. The summed E-state index contributed by atoms with van der Waals surface area (Å²) in [4.78, 5) is 31.2. The fraction of sp³-hybridized carbons (Fsp3) is 0.577. The number of hydrogen-bond acceptors (Lipinski definition) is 6. The Kier molecular flexibility index (Phi) is 6.53. The van der Waals surface area contributed by atoms with Crippen LogP contribution in [0.25, 0.3) is 5.65 Å². The molecule has 214 valence electrons. The molecule has 6 rings (SSSR count). The largest absolute Gasteiger partial charge is 0.410 e. The number of fused-ring (bicyclic) bond motifs is 1. The van der Waals surface area contributed by atoms with E-state index in [0.717, 1.165) is 17.7 Å². The molecule has 1 aliphatic heterocycles. The number of ketones is 1. The van der Waals surface area contributed by atoms with E-state index in [2.05, 4.69) is 15.2 Å². The van der Waals surface area contributed by atoms with Crippen molar-refractivity contribution in [1.29, 1.82) is 0 Å². The molecular weight excluding hydrogens is 539 g/mol. The molecule has 40 heavy (non-hydrogen) atoms. The van der Waals surface area contributed by atoms with Gasteiger partial charge in [0.15, 0.2) is 11.4 Å². The van der Waals surface area contributed by atoms with Gasteiger partial charge >= 0.3 is 12.2 Å². The summed E-state index contributed by atoms with van der Waals surface area (Å²) in [6, 6.07) is -1.15. The van der Waals surface area contributed by atoms with Crippen LogP contribution < -0.4 is 5.32 Å². The van der Waals surface area contributed by atoms with E-state index in [4.69, 9.17) is 4.52 Å². The lowest BCUT2D eigenvalue weighted by atomic mass is 9.75. The monoisotopic (exact) mass is 566 g/mol. The van der Waals surface area contributed by atoms with Crippen LogP contribution in [0.1, 0.15) is 84.1 Å². The first-order chi connectivity index (χ1) is 19.0. The highest BCUT2D eigenvalue weighted by Gasteiger charge is 2.47. The van der Waals surface area contributed by atoms with Gasteiger partial charge in [-0.15, -0.1) is 0 Å². The number of halogens is 5. The second kappa shape index (κ2) is 9.81. The molecule has 2 aliphatic carbocycles. The summed E-state index contributed by atoms with van der Waals surface area (Å²) in [6.45, 7) is -0.615. The van der Waals surface area contributed by atoms with Gasteiger partial charge in [0.05, 0.1) is 35.9 Å². The van der Waals surface area contributed by atoms with Crippen molar-refractivity contribution in [2.24, 2.45) is 5.92 Å². The number of Topliss-reactive ketones (excluding diaryl/α,β-unsaturated/α-hetero) is 1. The first kappa shape index (κ1) is 26.6. The number of hydrogen-bond donors (Lipinski definition) is 1. The van der Waals surface area contributed by atoms with Crippen LogP contribution in [0.3, 0.4) is 0 Å². The van der Waals surface area contributed by atoms with Crippen molar-refractivity contribution in [2.45, 2.75) is 81.5 Å². The number of alkyl halides is 5. The molecule has 1 N–H and O–H groups in total. The fourth-order valence-corrected chi connectivity index (χ4v) is 5.72. The van der Waals surface area contributed by atoms with E-state index in [1.165, 1.54) is 17.0 Å². The van der Waals surface area contributed by atoms with Crippen LogP contribution in [-0.4, -0.2) is 61.2 Å². The lowest BCUT2D eigenvalue weighted by Crippen LogP contribution is -2.40. The number of aromatic nitrogens is 4. The van der Waals surface area contributed by atoms with Crippen molar-refractivity contribution in [2.75, 3.05) is 6.54 Å². The van der Waals surface area contributed by atoms with Gasteiger partial charge in [0.25, 0.3) is 0 Å². The minimum absolute atomic E-state index is 0.0424. The Morgan fingerprint density at radius 1 is 1.20 bits per heavy atom. The number of carbonyl (C=O) groups excluding carboxylic acids is 2. The molecule has 3 aromatic heterocycles.